The van der Waals surface area contributed by atoms with Gasteiger partial charge in [-0.3, -0.25) is 9.59 Å². The van der Waals surface area contributed by atoms with Gasteiger partial charge < -0.3 is 20.8 Å². The average molecular weight is 331 g/mol. The number of carboxylic acid groups (broad SMARTS) is 1. The van der Waals surface area contributed by atoms with Crippen LogP contribution in [0.4, 0.5) is 5.69 Å². The fourth-order valence-electron chi connectivity index (χ4n) is 1.94. The van der Waals surface area contributed by atoms with Gasteiger partial charge in [0.15, 0.2) is 0 Å². The molecule has 0 saturated heterocycles. The first-order valence-electron chi connectivity index (χ1n) is 7.60. The van der Waals surface area contributed by atoms with Crippen molar-refractivity contribution in [3.05, 3.63) is 35.5 Å². The minimum Gasteiger partial charge on any atom is -0.506 e. The molecule has 0 spiro atoms. The number of nitriles is 1. The lowest BCUT2D eigenvalue weighted by atomic mass is 10.2. The number of anilines is 1. The third-order valence-electron chi connectivity index (χ3n) is 3.24. The highest BCUT2D eigenvalue weighted by atomic mass is 16.4. The number of nitrogens with zero attached hydrogens (tertiary/aromatic N) is 1. The normalized spacial score (nSPS) is 10.8. The molecule has 0 heterocycles. The zero-order valence-corrected chi connectivity index (χ0v) is 13.5. The molecule has 0 unspecified atom stereocenters. The lowest BCUT2D eigenvalue weighted by Gasteiger charge is -2.07. The molecule has 0 aliphatic heterocycles. The van der Waals surface area contributed by atoms with Crippen molar-refractivity contribution in [1.82, 2.24) is 5.32 Å². The summed E-state index contributed by atoms with van der Waals surface area (Å²) in [5.74, 6) is -1.32. The zero-order chi connectivity index (χ0) is 17.9. The van der Waals surface area contributed by atoms with Crippen LogP contribution in [0.1, 0.15) is 31.2 Å². The number of hydrogen-bond acceptors (Lipinski definition) is 5. The first-order chi connectivity index (χ1) is 11.4. The summed E-state index contributed by atoms with van der Waals surface area (Å²) in [6, 6.07) is 6.81. The molecule has 7 heteroatoms. The van der Waals surface area contributed by atoms with Crippen molar-refractivity contribution in [3.8, 4) is 11.8 Å². The van der Waals surface area contributed by atoms with Crippen molar-refractivity contribution in [2.75, 3.05) is 11.9 Å². The summed E-state index contributed by atoms with van der Waals surface area (Å²) in [4.78, 5) is 22.2. The number of carboxylic acids is 1. The van der Waals surface area contributed by atoms with Gasteiger partial charge in [-0.15, -0.1) is 0 Å². The van der Waals surface area contributed by atoms with E-state index in [0.29, 0.717) is 31.5 Å². The number of phenolic OH excluding ortho intramolecular Hbond substituents is 1. The number of benzene rings is 1. The Morgan fingerprint density at radius 2 is 2.04 bits per heavy atom. The van der Waals surface area contributed by atoms with E-state index in [9.17, 15) is 14.7 Å². The molecule has 0 aromatic heterocycles. The second kappa shape index (κ2) is 9.90. The van der Waals surface area contributed by atoms with Crippen molar-refractivity contribution >= 4 is 17.6 Å². The van der Waals surface area contributed by atoms with Gasteiger partial charge in [-0.05, 0) is 37.5 Å². The number of carbonyl (C=O) groups excluding carboxylic acids is 1. The molecule has 0 saturated carbocycles. The number of amides is 1. The Bertz CT molecular complexity index is 662. The predicted octanol–water partition coefficient (Wildman–Crippen LogP) is 2.28. The van der Waals surface area contributed by atoms with E-state index < -0.39 is 11.9 Å². The van der Waals surface area contributed by atoms with E-state index in [4.69, 9.17) is 10.4 Å². The molecule has 0 aliphatic carbocycles. The van der Waals surface area contributed by atoms with Gasteiger partial charge in [0.05, 0.1) is 5.69 Å². The minimum absolute atomic E-state index is 0.0300. The maximum absolute atomic E-state index is 11.9. The Balaban J connectivity index is 2.45. The molecule has 4 N–H and O–H groups in total. The number of aryl methyl sites for hydroxylation is 1. The largest absolute Gasteiger partial charge is 0.506 e. The van der Waals surface area contributed by atoms with Crippen molar-refractivity contribution in [2.45, 2.75) is 32.6 Å². The number of aromatic hydroxyl groups is 1. The Hall–Kier alpha value is -3.01. The summed E-state index contributed by atoms with van der Waals surface area (Å²) in [7, 11) is 0. The fourth-order valence-corrected chi connectivity index (χ4v) is 1.94. The summed E-state index contributed by atoms with van der Waals surface area (Å²) in [6.07, 6.45) is 3.24. The Kier molecular flexibility index (Phi) is 7.85. The molecule has 1 amide bonds. The zero-order valence-electron chi connectivity index (χ0n) is 13.5. The molecule has 0 atom stereocenters. The number of nitrogens with one attached hydrogen (secondary N) is 2. The van der Waals surface area contributed by atoms with Gasteiger partial charge in [-0.2, -0.15) is 5.26 Å². The summed E-state index contributed by atoms with van der Waals surface area (Å²) >= 11 is 0. The Morgan fingerprint density at radius 3 is 2.67 bits per heavy atom. The average Bonchev–Trinajstić information content (AvgIpc) is 2.52. The highest BCUT2D eigenvalue weighted by Crippen LogP contribution is 2.23. The van der Waals surface area contributed by atoms with Crippen molar-refractivity contribution in [1.29, 1.82) is 5.26 Å². The summed E-state index contributed by atoms with van der Waals surface area (Å²) in [6.45, 7) is 2.21. The van der Waals surface area contributed by atoms with Crippen LogP contribution in [-0.2, 0) is 9.59 Å². The molecule has 0 fully saturated rings. The minimum atomic E-state index is -0.834. The van der Waals surface area contributed by atoms with Crippen LogP contribution in [0, 0.1) is 18.3 Å². The maximum atomic E-state index is 11.9. The Labute approximate surface area is 140 Å². The van der Waals surface area contributed by atoms with Gasteiger partial charge >= 0.3 is 5.97 Å². The van der Waals surface area contributed by atoms with Crippen LogP contribution in [0.3, 0.4) is 0 Å². The molecular weight excluding hydrogens is 310 g/mol. The van der Waals surface area contributed by atoms with Crippen LogP contribution in [0.2, 0.25) is 0 Å². The number of unbranched alkanes of at least 4 members (excludes halogenated alkanes) is 2. The molecular formula is C17H21N3O4. The van der Waals surface area contributed by atoms with Crippen LogP contribution in [0.5, 0.6) is 5.75 Å². The lowest BCUT2D eigenvalue weighted by Crippen LogP contribution is -2.26. The van der Waals surface area contributed by atoms with E-state index >= 15 is 0 Å². The van der Waals surface area contributed by atoms with E-state index in [1.807, 2.05) is 6.92 Å². The van der Waals surface area contributed by atoms with Crippen molar-refractivity contribution in [3.63, 3.8) is 0 Å². The van der Waals surface area contributed by atoms with E-state index in [2.05, 4.69) is 10.6 Å². The number of aliphatic carboxylic acids is 1. The van der Waals surface area contributed by atoms with Crippen LogP contribution in [-0.4, -0.2) is 28.6 Å². The number of rotatable bonds is 9. The molecule has 1 aromatic rings. The highest BCUT2D eigenvalue weighted by molar-refractivity contribution is 5.97. The van der Waals surface area contributed by atoms with Gasteiger partial charge in [0.2, 0.25) is 0 Å². The first kappa shape index (κ1) is 19.0. The van der Waals surface area contributed by atoms with Gasteiger partial charge in [-0.25, -0.2) is 0 Å². The van der Waals surface area contributed by atoms with E-state index in [-0.39, 0.29) is 17.7 Å². The third-order valence-corrected chi connectivity index (χ3v) is 3.24. The standard InChI is InChI=1S/C17H21N3O4/c1-12-6-7-14(15(21)9-12)20-11-13(10-18)17(24)19-8-4-2-3-5-16(22)23/h6-7,9,11,20-21H,2-5,8H2,1H3,(H,19,24)(H,22,23)/b13-11-. The summed E-state index contributed by atoms with van der Waals surface area (Å²) < 4.78 is 0. The lowest BCUT2D eigenvalue weighted by molar-refractivity contribution is -0.137. The molecule has 7 nitrogen and oxygen atoms in total. The number of phenols is 1. The number of hydrogen-bond donors (Lipinski definition) is 4. The maximum Gasteiger partial charge on any atom is 0.303 e. The van der Waals surface area contributed by atoms with Crippen LogP contribution >= 0.6 is 0 Å². The monoisotopic (exact) mass is 331 g/mol. The topological polar surface area (TPSA) is 122 Å². The van der Waals surface area contributed by atoms with Crippen LogP contribution in [0.25, 0.3) is 0 Å². The summed E-state index contributed by atoms with van der Waals surface area (Å²) in [5.41, 5.74) is 1.18. The van der Waals surface area contributed by atoms with E-state index in [1.54, 1.807) is 24.3 Å². The van der Waals surface area contributed by atoms with Gasteiger partial charge in [-0.1, -0.05) is 12.5 Å². The molecule has 1 rings (SSSR count). The molecule has 0 bridgehead atoms. The third kappa shape index (κ3) is 6.83. The van der Waals surface area contributed by atoms with Gasteiger partial charge in [0.1, 0.15) is 17.4 Å². The molecule has 24 heavy (non-hydrogen) atoms. The van der Waals surface area contributed by atoms with Crippen LogP contribution in [0.15, 0.2) is 30.0 Å². The van der Waals surface area contributed by atoms with Crippen LogP contribution < -0.4 is 10.6 Å². The van der Waals surface area contributed by atoms with E-state index in [0.717, 1.165) is 5.56 Å². The molecule has 0 aliphatic rings. The first-order valence-corrected chi connectivity index (χ1v) is 7.60. The summed E-state index contributed by atoms with van der Waals surface area (Å²) in [5, 5.41) is 32.7. The fraction of sp³-hybridized carbons (Fsp3) is 0.353. The Morgan fingerprint density at radius 1 is 1.29 bits per heavy atom. The highest BCUT2D eigenvalue weighted by Gasteiger charge is 2.08. The quantitative estimate of drug-likeness (QED) is 0.238. The van der Waals surface area contributed by atoms with Gasteiger partial charge in [0.25, 0.3) is 5.91 Å². The second-order valence-electron chi connectivity index (χ2n) is 5.30. The molecule has 1 aromatic carbocycles. The SMILES string of the molecule is Cc1ccc(N/C=C(/C#N)C(=O)NCCCCCC(=O)O)c(O)c1. The van der Waals surface area contributed by atoms with Gasteiger partial charge in [0, 0.05) is 19.2 Å². The van der Waals surface area contributed by atoms with Crippen molar-refractivity contribution in [2.24, 2.45) is 0 Å². The number of carbonyl (C=O) groups is 2. The second-order valence-corrected chi connectivity index (χ2v) is 5.30. The predicted molar refractivity (Wildman–Crippen MR) is 89.3 cm³/mol. The molecule has 128 valence electrons. The molecule has 0 radical (unpaired) electrons. The smallest absolute Gasteiger partial charge is 0.303 e. The van der Waals surface area contributed by atoms with E-state index in [1.165, 1.54) is 6.20 Å². The van der Waals surface area contributed by atoms with Crippen molar-refractivity contribution < 1.29 is 19.8 Å².